The van der Waals surface area contributed by atoms with Crippen LogP contribution >= 0.6 is 11.6 Å². The molecule has 0 amide bonds. The molecule has 1 aromatic rings. The Morgan fingerprint density at radius 3 is 2.79 bits per heavy atom. The third-order valence-electron chi connectivity index (χ3n) is 1.94. The summed E-state index contributed by atoms with van der Waals surface area (Å²) < 4.78 is 10.5. The van der Waals surface area contributed by atoms with Crippen LogP contribution in [0.15, 0.2) is 30.3 Å². The van der Waals surface area contributed by atoms with Gasteiger partial charge in [0.2, 0.25) is 0 Å². The lowest BCUT2D eigenvalue weighted by Gasteiger charge is -2.01. The molecule has 3 heteroatoms. The van der Waals surface area contributed by atoms with Gasteiger partial charge in [0, 0.05) is 5.02 Å². The highest BCUT2D eigenvalue weighted by atomic mass is 35.5. The fourth-order valence-electron chi connectivity index (χ4n) is 1.29. The largest absolute Gasteiger partial charge is 0.347 e. The topological polar surface area (TPSA) is 18.5 Å². The van der Waals surface area contributed by atoms with E-state index in [2.05, 4.69) is 0 Å². The minimum absolute atomic E-state index is 0.200. The summed E-state index contributed by atoms with van der Waals surface area (Å²) in [6.07, 6.45) is 3.63. The summed E-state index contributed by atoms with van der Waals surface area (Å²) in [5.41, 5.74) is 1.05. The highest BCUT2D eigenvalue weighted by Crippen LogP contribution is 2.13. The van der Waals surface area contributed by atoms with E-state index >= 15 is 0 Å². The number of halogens is 1. The molecule has 1 saturated heterocycles. The maximum absolute atomic E-state index is 5.84. The van der Waals surface area contributed by atoms with Crippen LogP contribution in [0.3, 0.4) is 0 Å². The second-order valence-electron chi connectivity index (χ2n) is 3.02. The van der Waals surface area contributed by atoms with E-state index in [0.717, 1.165) is 10.6 Å². The molecule has 2 rings (SSSR count). The zero-order valence-corrected chi connectivity index (χ0v) is 8.41. The summed E-state index contributed by atoms with van der Waals surface area (Å²) in [7, 11) is 0. The lowest BCUT2D eigenvalue weighted by molar-refractivity contribution is -0.000907. The van der Waals surface area contributed by atoms with E-state index in [1.54, 1.807) is 0 Å². The molecular formula is C11H11ClO2. The molecule has 1 heterocycles. The average Bonchev–Trinajstić information content (AvgIpc) is 2.67. The molecule has 0 unspecified atom stereocenters. The zero-order valence-electron chi connectivity index (χ0n) is 7.65. The van der Waals surface area contributed by atoms with Gasteiger partial charge in [-0.1, -0.05) is 29.8 Å². The molecule has 74 valence electrons. The van der Waals surface area contributed by atoms with Crippen LogP contribution in [0.4, 0.5) is 0 Å². The van der Waals surface area contributed by atoms with E-state index in [4.69, 9.17) is 21.1 Å². The van der Waals surface area contributed by atoms with Crippen LogP contribution in [0.1, 0.15) is 5.56 Å². The molecule has 0 aromatic heterocycles. The van der Waals surface area contributed by atoms with E-state index in [9.17, 15) is 0 Å². The summed E-state index contributed by atoms with van der Waals surface area (Å²) in [6, 6.07) is 7.64. The first-order valence-electron chi connectivity index (χ1n) is 4.51. The Morgan fingerprint density at radius 1 is 1.29 bits per heavy atom. The lowest BCUT2D eigenvalue weighted by Crippen LogP contribution is -2.01. The minimum atomic E-state index is -0.200. The first kappa shape index (κ1) is 9.71. The van der Waals surface area contributed by atoms with Crippen molar-refractivity contribution in [1.29, 1.82) is 0 Å². The molecule has 1 aliphatic heterocycles. The molecule has 0 spiro atoms. The Bertz CT molecular complexity index is 330. The normalized spacial score (nSPS) is 18.1. The third-order valence-corrected chi connectivity index (χ3v) is 2.18. The van der Waals surface area contributed by atoms with Gasteiger partial charge >= 0.3 is 0 Å². The number of rotatable bonds is 2. The predicted molar refractivity (Wildman–Crippen MR) is 56.2 cm³/mol. The van der Waals surface area contributed by atoms with Crippen molar-refractivity contribution in [2.75, 3.05) is 13.2 Å². The first-order valence-corrected chi connectivity index (χ1v) is 4.89. The van der Waals surface area contributed by atoms with Crippen LogP contribution in [-0.4, -0.2) is 19.5 Å². The van der Waals surface area contributed by atoms with Crippen molar-refractivity contribution in [2.45, 2.75) is 6.29 Å². The molecule has 0 saturated carbocycles. The quantitative estimate of drug-likeness (QED) is 0.748. The van der Waals surface area contributed by atoms with Gasteiger partial charge in [0.25, 0.3) is 0 Å². The summed E-state index contributed by atoms with van der Waals surface area (Å²) in [5, 5.41) is 0.736. The van der Waals surface area contributed by atoms with Crippen molar-refractivity contribution in [2.24, 2.45) is 0 Å². The predicted octanol–water partition coefficient (Wildman–Crippen LogP) is 2.73. The number of hydrogen-bond acceptors (Lipinski definition) is 2. The first-order chi connectivity index (χ1) is 6.84. The van der Waals surface area contributed by atoms with E-state index in [0.29, 0.717) is 13.2 Å². The molecule has 0 aliphatic carbocycles. The van der Waals surface area contributed by atoms with Crippen LogP contribution in [-0.2, 0) is 9.47 Å². The Hall–Kier alpha value is -0.830. The smallest absolute Gasteiger partial charge is 0.177 e. The molecule has 0 atom stereocenters. The second-order valence-corrected chi connectivity index (χ2v) is 3.46. The van der Waals surface area contributed by atoms with Gasteiger partial charge in [0.05, 0.1) is 13.2 Å². The van der Waals surface area contributed by atoms with Gasteiger partial charge in [-0.3, -0.25) is 0 Å². The minimum Gasteiger partial charge on any atom is -0.347 e. The fourth-order valence-corrected chi connectivity index (χ4v) is 1.49. The van der Waals surface area contributed by atoms with Gasteiger partial charge in [-0.2, -0.15) is 0 Å². The van der Waals surface area contributed by atoms with E-state index in [1.807, 2.05) is 36.4 Å². The highest BCUT2D eigenvalue weighted by molar-refractivity contribution is 6.30. The summed E-state index contributed by atoms with van der Waals surface area (Å²) in [6.45, 7) is 1.34. The van der Waals surface area contributed by atoms with E-state index in [-0.39, 0.29) is 6.29 Å². The van der Waals surface area contributed by atoms with Gasteiger partial charge in [0.1, 0.15) is 0 Å². The fraction of sp³-hybridized carbons (Fsp3) is 0.273. The molecule has 14 heavy (non-hydrogen) atoms. The van der Waals surface area contributed by atoms with Crippen molar-refractivity contribution < 1.29 is 9.47 Å². The Kier molecular flexibility index (Phi) is 3.19. The molecule has 1 aliphatic rings. The van der Waals surface area contributed by atoms with Crippen LogP contribution < -0.4 is 0 Å². The number of hydrogen-bond donors (Lipinski definition) is 0. The standard InChI is InChI=1S/C11H11ClO2/c12-10-3-1-2-9(8-10)4-5-11-13-6-7-14-11/h1-5,8,11H,6-7H2/b5-4+. The summed E-state index contributed by atoms with van der Waals surface area (Å²) in [4.78, 5) is 0. The summed E-state index contributed by atoms with van der Waals surface area (Å²) >= 11 is 5.84. The third kappa shape index (κ3) is 2.58. The van der Waals surface area contributed by atoms with Crippen LogP contribution in [0, 0.1) is 0 Å². The summed E-state index contributed by atoms with van der Waals surface area (Å²) in [5.74, 6) is 0. The maximum atomic E-state index is 5.84. The van der Waals surface area contributed by atoms with Crippen molar-refractivity contribution in [1.82, 2.24) is 0 Å². The Balaban J connectivity index is 2.02. The monoisotopic (exact) mass is 210 g/mol. The SMILES string of the molecule is Clc1cccc(/C=C/C2OCCO2)c1. The number of ether oxygens (including phenoxy) is 2. The van der Waals surface area contributed by atoms with E-state index in [1.165, 1.54) is 0 Å². The molecular weight excluding hydrogens is 200 g/mol. The van der Waals surface area contributed by atoms with Gasteiger partial charge in [0.15, 0.2) is 6.29 Å². The highest BCUT2D eigenvalue weighted by Gasteiger charge is 2.11. The van der Waals surface area contributed by atoms with E-state index < -0.39 is 0 Å². The lowest BCUT2D eigenvalue weighted by atomic mass is 10.2. The van der Waals surface area contributed by atoms with Crippen molar-refractivity contribution in [3.8, 4) is 0 Å². The Labute approximate surface area is 88.1 Å². The number of benzene rings is 1. The van der Waals surface area contributed by atoms with Gasteiger partial charge in [-0.25, -0.2) is 0 Å². The molecule has 0 N–H and O–H groups in total. The van der Waals surface area contributed by atoms with Gasteiger partial charge in [-0.05, 0) is 23.8 Å². The van der Waals surface area contributed by atoms with Gasteiger partial charge < -0.3 is 9.47 Å². The molecule has 0 radical (unpaired) electrons. The maximum Gasteiger partial charge on any atom is 0.177 e. The van der Waals surface area contributed by atoms with Crippen molar-refractivity contribution in [3.05, 3.63) is 40.9 Å². The average molecular weight is 211 g/mol. The van der Waals surface area contributed by atoms with Gasteiger partial charge in [-0.15, -0.1) is 0 Å². The molecule has 1 aromatic carbocycles. The van der Waals surface area contributed by atoms with Crippen molar-refractivity contribution in [3.63, 3.8) is 0 Å². The van der Waals surface area contributed by atoms with Crippen LogP contribution in [0.5, 0.6) is 0 Å². The molecule has 0 bridgehead atoms. The van der Waals surface area contributed by atoms with Crippen LogP contribution in [0.2, 0.25) is 5.02 Å². The molecule has 2 nitrogen and oxygen atoms in total. The second kappa shape index (κ2) is 4.60. The molecule has 1 fully saturated rings. The van der Waals surface area contributed by atoms with Crippen LogP contribution in [0.25, 0.3) is 6.08 Å². The zero-order chi connectivity index (χ0) is 9.80. The van der Waals surface area contributed by atoms with Crippen molar-refractivity contribution >= 4 is 17.7 Å². The Morgan fingerprint density at radius 2 is 2.07 bits per heavy atom.